The third-order valence-electron chi connectivity index (χ3n) is 4.98. The molecule has 3 rings (SSSR count). The highest BCUT2D eigenvalue weighted by Gasteiger charge is 2.48. The lowest BCUT2D eigenvalue weighted by Crippen LogP contribution is -2.36. The topological polar surface area (TPSA) is 51.2 Å². The molecule has 1 aromatic rings. The van der Waals surface area contributed by atoms with Gasteiger partial charge in [-0.3, -0.25) is 4.79 Å². The van der Waals surface area contributed by atoms with Gasteiger partial charge in [0.05, 0.1) is 10.5 Å². The smallest absolute Gasteiger partial charge is 0.166 e. The van der Waals surface area contributed by atoms with Crippen molar-refractivity contribution in [2.24, 2.45) is 5.92 Å². The van der Waals surface area contributed by atoms with Crippen molar-refractivity contribution in [1.82, 2.24) is 0 Å². The number of ketones is 1. The van der Waals surface area contributed by atoms with Gasteiger partial charge in [-0.1, -0.05) is 37.6 Å². The number of benzene rings is 1. The van der Waals surface area contributed by atoms with Gasteiger partial charge in [0, 0.05) is 11.5 Å². The number of Topliss-reactive ketones (excluding diaryl/α,β-unsaturated/α-hetero) is 1. The van der Waals surface area contributed by atoms with E-state index < -0.39 is 9.84 Å². The Hall–Kier alpha value is -1.16. The lowest BCUT2D eigenvalue weighted by atomic mass is 9.90. The van der Waals surface area contributed by atoms with E-state index in [4.69, 9.17) is 0 Å². The maximum atomic E-state index is 12.6. The van der Waals surface area contributed by atoms with Crippen LogP contribution in [0.1, 0.15) is 54.9 Å². The van der Waals surface area contributed by atoms with Crippen LogP contribution in [-0.4, -0.2) is 24.7 Å². The van der Waals surface area contributed by atoms with Crippen LogP contribution in [0.3, 0.4) is 0 Å². The SMILES string of the molecule is CCCc1ccc(C(=O)C2CC3CCC(C2)S3(=O)=O)cc1. The molecule has 1 aromatic carbocycles. The summed E-state index contributed by atoms with van der Waals surface area (Å²) in [6.45, 7) is 2.14. The molecule has 2 fully saturated rings. The molecule has 0 aliphatic carbocycles. The summed E-state index contributed by atoms with van der Waals surface area (Å²) in [5, 5.41) is -0.547. The van der Waals surface area contributed by atoms with Crippen molar-refractivity contribution < 1.29 is 13.2 Å². The highest BCUT2D eigenvalue weighted by Crippen LogP contribution is 2.42. The van der Waals surface area contributed by atoms with Crippen LogP contribution in [0.15, 0.2) is 24.3 Å². The Kier molecular flexibility index (Phi) is 3.91. The summed E-state index contributed by atoms with van der Waals surface area (Å²) in [4.78, 5) is 12.6. The van der Waals surface area contributed by atoms with Gasteiger partial charge < -0.3 is 0 Å². The first-order valence-corrected chi connectivity index (χ1v) is 9.49. The number of rotatable bonds is 4. The second-order valence-electron chi connectivity index (χ2n) is 6.39. The first kappa shape index (κ1) is 14.8. The van der Waals surface area contributed by atoms with Crippen molar-refractivity contribution in [3.05, 3.63) is 35.4 Å². The van der Waals surface area contributed by atoms with Gasteiger partial charge in [-0.2, -0.15) is 0 Å². The predicted octanol–water partition coefficient (Wildman–Crippen LogP) is 3.18. The number of sulfone groups is 1. The molecule has 0 spiro atoms. The molecule has 0 N–H and O–H groups in total. The molecule has 2 bridgehead atoms. The second-order valence-corrected chi connectivity index (χ2v) is 8.90. The summed E-state index contributed by atoms with van der Waals surface area (Å²) in [5.74, 6) is 0.0212. The summed E-state index contributed by atoms with van der Waals surface area (Å²) in [5.41, 5.74) is 1.99. The second kappa shape index (κ2) is 5.56. The van der Waals surface area contributed by atoms with Gasteiger partial charge in [0.1, 0.15) is 0 Å². The van der Waals surface area contributed by atoms with Gasteiger partial charge >= 0.3 is 0 Å². The first-order chi connectivity index (χ1) is 10.0. The Balaban J connectivity index is 1.75. The zero-order chi connectivity index (χ0) is 15.0. The Bertz CT molecular complexity index is 611. The number of hydrogen-bond acceptors (Lipinski definition) is 3. The zero-order valence-electron chi connectivity index (χ0n) is 12.4. The molecule has 2 unspecified atom stereocenters. The third-order valence-corrected chi connectivity index (χ3v) is 7.70. The van der Waals surface area contributed by atoms with Gasteiger partial charge in [0.2, 0.25) is 0 Å². The predicted molar refractivity (Wildman–Crippen MR) is 83.2 cm³/mol. The fourth-order valence-corrected chi connectivity index (χ4v) is 6.26. The van der Waals surface area contributed by atoms with Crippen LogP contribution in [0.25, 0.3) is 0 Å². The number of aryl methyl sites for hydroxylation is 1. The fourth-order valence-electron chi connectivity index (χ4n) is 3.78. The van der Waals surface area contributed by atoms with Crippen molar-refractivity contribution in [3.8, 4) is 0 Å². The van der Waals surface area contributed by atoms with Crippen molar-refractivity contribution in [2.75, 3.05) is 0 Å². The first-order valence-electron chi connectivity index (χ1n) is 7.88. The van der Waals surface area contributed by atoms with Gasteiger partial charge in [0.25, 0.3) is 0 Å². The quantitative estimate of drug-likeness (QED) is 0.803. The maximum Gasteiger partial charge on any atom is 0.166 e. The summed E-state index contributed by atoms with van der Waals surface area (Å²) >= 11 is 0. The van der Waals surface area contributed by atoms with E-state index in [1.165, 1.54) is 5.56 Å². The Morgan fingerprint density at radius 3 is 2.19 bits per heavy atom. The Labute approximate surface area is 126 Å². The van der Waals surface area contributed by atoms with Crippen LogP contribution in [-0.2, 0) is 16.3 Å². The average molecular weight is 306 g/mol. The summed E-state index contributed by atoms with van der Waals surface area (Å²) < 4.78 is 24.2. The molecule has 4 heteroatoms. The summed E-state index contributed by atoms with van der Waals surface area (Å²) in [6.07, 6.45) is 4.65. The van der Waals surface area contributed by atoms with Crippen LogP contribution in [0.2, 0.25) is 0 Å². The molecular formula is C17H22O3S. The van der Waals surface area contributed by atoms with E-state index in [2.05, 4.69) is 6.92 Å². The van der Waals surface area contributed by atoms with E-state index in [0.29, 0.717) is 12.8 Å². The maximum absolute atomic E-state index is 12.6. The van der Waals surface area contributed by atoms with Gasteiger partial charge in [-0.15, -0.1) is 0 Å². The highest BCUT2D eigenvalue weighted by molar-refractivity contribution is 7.93. The molecule has 3 nitrogen and oxygen atoms in total. The Morgan fingerprint density at radius 2 is 1.67 bits per heavy atom. The highest BCUT2D eigenvalue weighted by atomic mass is 32.2. The standard InChI is InChI=1S/C17H22O3S/c1-2-3-12-4-6-13(7-5-12)17(18)14-10-15-8-9-16(11-14)21(15,19)20/h4-7,14-16H,2-3,8-11H2,1H3. The van der Waals surface area contributed by atoms with Crippen LogP contribution in [0, 0.1) is 5.92 Å². The average Bonchev–Trinajstić information content (AvgIpc) is 2.67. The molecule has 0 saturated carbocycles. The lowest BCUT2D eigenvalue weighted by Gasteiger charge is -2.27. The van der Waals surface area contributed by atoms with Crippen molar-refractivity contribution in [2.45, 2.75) is 55.9 Å². The molecule has 2 heterocycles. The number of carbonyl (C=O) groups is 1. The molecule has 21 heavy (non-hydrogen) atoms. The molecule has 0 radical (unpaired) electrons. The third kappa shape index (κ3) is 2.66. The molecule has 0 amide bonds. The molecule has 0 aromatic heterocycles. The molecule has 2 atom stereocenters. The molecule has 2 aliphatic rings. The van der Waals surface area contributed by atoms with E-state index in [1.807, 2.05) is 24.3 Å². The van der Waals surface area contributed by atoms with Crippen molar-refractivity contribution in [1.29, 1.82) is 0 Å². The van der Waals surface area contributed by atoms with E-state index >= 15 is 0 Å². The van der Waals surface area contributed by atoms with Crippen LogP contribution >= 0.6 is 0 Å². The van der Waals surface area contributed by atoms with Crippen molar-refractivity contribution in [3.63, 3.8) is 0 Å². The minimum atomic E-state index is -2.94. The fraction of sp³-hybridized carbons (Fsp3) is 0.588. The monoisotopic (exact) mass is 306 g/mol. The van der Waals surface area contributed by atoms with Gasteiger partial charge in [0.15, 0.2) is 15.6 Å². The molecule has 2 aliphatic heterocycles. The van der Waals surface area contributed by atoms with Crippen molar-refractivity contribution >= 4 is 15.6 Å². The summed E-state index contributed by atoms with van der Waals surface area (Å²) in [7, 11) is -2.94. The zero-order valence-corrected chi connectivity index (χ0v) is 13.2. The van der Waals surface area contributed by atoms with Gasteiger partial charge in [-0.05, 0) is 37.7 Å². The largest absolute Gasteiger partial charge is 0.294 e. The number of hydrogen-bond donors (Lipinski definition) is 0. The molecule has 114 valence electrons. The van der Waals surface area contributed by atoms with Crippen LogP contribution in [0.4, 0.5) is 0 Å². The van der Waals surface area contributed by atoms with E-state index in [-0.39, 0.29) is 22.2 Å². The minimum Gasteiger partial charge on any atom is -0.294 e. The minimum absolute atomic E-state index is 0.108. The van der Waals surface area contributed by atoms with E-state index in [1.54, 1.807) is 0 Å². The normalized spacial score (nSPS) is 30.2. The van der Waals surface area contributed by atoms with E-state index in [0.717, 1.165) is 31.2 Å². The molecule has 2 saturated heterocycles. The molecular weight excluding hydrogens is 284 g/mol. The number of fused-ring (bicyclic) bond motifs is 2. The summed E-state index contributed by atoms with van der Waals surface area (Å²) in [6, 6.07) is 7.84. The van der Waals surface area contributed by atoms with Gasteiger partial charge in [-0.25, -0.2) is 8.42 Å². The van der Waals surface area contributed by atoms with E-state index in [9.17, 15) is 13.2 Å². The van der Waals surface area contributed by atoms with Crippen LogP contribution < -0.4 is 0 Å². The number of carbonyl (C=O) groups excluding carboxylic acids is 1. The lowest BCUT2D eigenvalue weighted by molar-refractivity contribution is 0.0905. The van der Waals surface area contributed by atoms with Crippen LogP contribution in [0.5, 0.6) is 0 Å². The Morgan fingerprint density at radius 1 is 1.10 bits per heavy atom.